The van der Waals surface area contributed by atoms with Crippen molar-refractivity contribution in [1.82, 2.24) is 0 Å². The fourth-order valence-electron chi connectivity index (χ4n) is 0.519. The Morgan fingerprint density at radius 3 is 1.77 bits per heavy atom. The van der Waals surface area contributed by atoms with Crippen molar-refractivity contribution in [2.24, 2.45) is 0 Å². The number of rotatable bonds is 3. The zero-order chi connectivity index (χ0) is 10.9. The summed E-state index contributed by atoms with van der Waals surface area (Å²) >= 11 is 0. The molecule has 0 aromatic carbocycles. The topological polar surface area (TPSA) is 9.23 Å². The second-order valence-electron chi connectivity index (χ2n) is 2.39. The Morgan fingerprint density at radius 2 is 1.54 bits per heavy atom. The van der Waals surface area contributed by atoms with Gasteiger partial charge < -0.3 is 4.74 Å². The maximum Gasteiger partial charge on any atom is 0.428 e. The first-order valence-corrected chi connectivity index (χ1v) is 3.17. The molecular formula is C6H7F6O. The molecule has 0 saturated carbocycles. The van der Waals surface area contributed by atoms with Crippen molar-refractivity contribution in [2.75, 3.05) is 0 Å². The minimum absolute atomic E-state index is 0.969. The third-order valence-electron chi connectivity index (χ3n) is 0.941. The van der Waals surface area contributed by atoms with Crippen LogP contribution in [0.25, 0.3) is 0 Å². The van der Waals surface area contributed by atoms with Crippen molar-refractivity contribution in [3.8, 4) is 0 Å². The van der Waals surface area contributed by atoms with Crippen LogP contribution in [0, 0.1) is 6.92 Å². The fourth-order valence-corrected chi connectivity index (χ4v) is 0.519. The van der Waals surface area contributed by atoms with Gasteiger partial charge in [0.05, 0.1) is 6.10 Å². The molecule has 1 radical (unpaired) electrons. The molecule has 1 nitrogen and oxygen atoms in total. The molecule has 0 saturated heterocycles. The van der Waals surface area contributed by atoms with Crippen LogP contribution in [0.15, 0.2) is 0 Å². The minimum atomic E-state index is -5.64. The lowest BCUT2D eigenvalue weighted by Gasteiger charge is -2.23. The first-order valence-electron chi connectivity index (χ1n) is 3.17. The van der Waals surface area contributed by atoms with E-state index in [1.54, 1.807) is 0 Å². The van der Waals surface area contributed by atoms with Gasteiger partial charge >= 0.3 is 12.3 Å². The van der Waals surface area contributed by atoms with Gasteiger partial charge in [0.1, 0.15) is 0 Å². The van der Waals surface area contributed by atoms with Crippen LogP contribution in [0.2, 0.25) is 0 Å². The SMILES string of the molecule is [CH2]C(C)OC(F)(F)C(F)C(F)(F)F. The van der Waals surface area contributed by atoms with Crippen molar-refractivity contribution in [1.29, 1.82) is 0 Å². The highest BCUT2D eigenvalue weighted by Crippen LogP contribution is 2.36. The molecule has 0 aliphatic carbocycles. The van der Waals surface area contributed by atoms with Gasteiger partial charge in [0.25, 0.3) is 6.17 Å². The lowest BCUT2D eigenvalue weighted by Crippen LogP contribution is -2.44. The van der Waals surface area contributed by atoms with E-state index in [-0.39, 0.29) is 0 Å². The van der Waals surface area contributed by atoms with Crippen molar-refractivity contribution >= 4 is 0 Å². The molecule has 79 valence electrons. The van der Waals surface area contributed by atoms with Gasteiger partial charge in [0, 0.05) is 0 Å². The quantitative estimate of drug-likeness (QED) is 0.649. The van der Waals surface area contributed by atoms with Crippen LogP contribution in [0.5, 0.6) is 0 Å². The number of ether oxygens (including phenoxy) is 1. The zero-order valence-electron chi connectivity index (χ0n) is 6.54. The van der Waals surface area contributed by atoms with E-state index in [0.29, 0.717) is 0 Å². The predicted molar refractivity (Wildman–Crippen MR) is 31.8 cm³/mol. The summed E-state index contributed by atoms with van der Waals surface area (Å²) in [6.07, 6.45) is -16.3. The third-order valence-corrected chi connectivity index (χ3v) is 0.941. The van der Waals surface area contributed by atoms with E-state index in [1.165, 1.54) is 0 Å². The first-order chi connectivity index (χ1) is 5.57. The molecule has 0 aromatic rings. The highest BCUT2D eigenvalue weighted by molar-refractivity contribution is 4.76. The van der Waals surface area contributed by atoms with Crippen LogP contribution in [0.1, 0.15) is 6.92 Å². The van der Waals surface area contributed by atoms with Gasteiger partial charge in [0.15, 0.2) is 0 Å². The number of alkyl halides is 6. The highest BCUT2D eigenvalue weighted by Gasteiger charge is 2.58. The minimum Gasteiger partial charge on any atom is -0.315 e. The molecule has 0 N–H and O–H groups in total. The lowest BCUT2D eigenvalue weighted by atomic mass is 10.3. The Kier molecular flexibility index (Phi) is 3.60. The van der Waals surface area contributed by atoms with Crippen LogP contribution < -0.4 is 0 Å². The summed E-state index contributed by atoms with van der Waals surface area (Å²) in [5.74, 6) is 0. The van der Waals surface area contributed by atoms with Gasteiger partial charge in [-0.05, 0) is 13.8 Å². The summed E-state index contributed by atoms with van der Waals surface area (Å²) in [7, 11) is 0. The Balaban J connectivity index is 4.45. The van der Waals surface area contributed by atoms with Gasteiger partial charge in [-0.25, -0.2) is 4.39 Å². The van der Waals surface area contributed by atoms with E-state index in [4.69, 9.17) is 0 Å². The van der Waals surface area contributed by atoms with Gasteiger partial charge in [-0.15, -0.1) is 0 Å². The molecule has 0 aromatic heterocycles. The van der Waals surface area contributed by atoms with Crippen LogP contribution in [0.3, 0.4) is 0 Å². The average Bonchev–Trinajstić information content (AvgIpc) is 1.80. The van der Waals surface area contributed by atoms with Crippen LogP contribution in [-0.2, 0) is 4.74 Å². The van der Waals surface area contributed by atoms with Crippen LogP contribution in [0.4, 0.5) is 26.3 Å². The molecule has 0 aliphatic rings. The van der Waals surface area contributed by atoms with E-state index in [9.17, 15) is 26.3 Å². The standard InChI is InChI=1S/C6H7F6O/c1-3(2)13-6(11,12)4(7)5(8,9)10/h3-4H,1H2,2H3. The molecule has 0 fully saturated rings. The van der Waals surface area contributed by atoms with Crippen molar-refractivity contribution < 1.29 is 31.1 Å². The Morgan fingerprint density at radius 1 is 1.15 bits per heavy atom. The molecular weight excluding hydrogens is 202 g/mol. The largest absolute Gasteiger partial charge is 0.428 e. The van der Waals surface area contributed by atoms with Gasteiger partial charge in [-0.3, -0.25) is 0 Å². The molecule has 7 heteroatoms. The highest BCUT2D eigenvalue weighted by atomic mass is 19.4. The molecule has 0 aliphatic heterocycles. The smallest absolute Gasteiger partial charge is 0.315 e. The molecule has 0 rings (SSSR count). The summed E-state index contributed by atoms with van der Waals surface area (Å²) in [5, 5.41) is 0. The van der Waals surface area contributed by atoms with E-state index >= 15 is 0 Å². The van der Waals surface area contributed by atoms with Crippen LogP contribution in [-0.4, -0.2) is 24.6 Å². The molecule has 2 unspecified atom stereocenters. The molecule has 0 spiro atoms. The zero-order valence-corrected chi connectivity index (χ0v) is 6.54. The number of halogens is 6. The predicted octanol–water partition coefficient (Wildman–Crippen LogP) is 2.72. The van der Waals surface area contributed by atoms with Crippen molar-refractivity contribution in [3.05, 3.63) is 6.92 Å². The number of hydrogen-bond acceptors (Lipinski definition) is 1. The summed E-state index contributed by atoms with van der Waals surface area (Å²) in [5.41, 5.74) is 0. The Labute approximate surface area is 70.7 Å². The molecule has 2 atom stereocenters. The van der Waals surface area contributed by atoms with Gasteiger partial charge in [-0.2, -0.15) is 22.0 Å². The van der Waals surface area contributed by atoms with Crippen LogP contribution >= 0.6 is 0 Å². The molecule has 0 amide bonds. The average molecular weight is 209 g/mol. The van der Waals surface area contributed by atoms with E-state index in [2.05, 4.69) is 11.7 Å². The Hall–Kier alpha value is -0.460. The summed E-state index contributed by atoms with van der Waals surface area (Å²) < 4.78 is 74.1. The first kappa shape index (κ1) is 12.5. The summed E-state index contributed by atoms with van der Waals surface area (Å²) in [4.78, 5) is 0. The fraction of sp³-hybridized carbons (Fsp3) is 0.833. The lowest BCUT2D eigenvalue weighted by molar-refractivity contribution is -0.342. The Bertz CT molecular complexity index is 163. The second-order valence-corrected chi connectivity index (χ2v) is 2.39. The molecule has 0 heterocycles. The second kappa shape index (κ2) is 3.73. The van der Waals surface area contributed by atoms with E-state index in [0.717, 1.165) is 6.92 Å². The molecule has 13 heavy (non-hydrogen) atoms. The normalized spacial score (nSPS) is 16.4. The summed E-state index contributed by atoms with van der Waals surface area (Å²) in [6, 6.07) is 0. The van der Waals surface area contributed by atoms with Crippen molar-refractivity contribution in [2.45, 2.75) is 31.5 Å². The molecule has 0 bridgehead atoms. The van der Waals surface area contributed by atoms with Gasteiger partial charge in [0.2, 0.25) is 0 Å². The van der Waals surface area contributed by atoms with E-state index < -0.39 is 24.6 Å². The third kappa shape index (κ3) is 3.84. The van der Waals surface area contributed by atoms with E-state index in [1.807, 2.05) is 0 Å². The maximum atomic E-state index is 12.2. The maximum absolute atomic E-state index is 12.2. The van der Waals surface area contributed by atoms with Crippen molar-refractivity contribution in [3.63, 3.8) is 0 Å². The monoisotopic (exact) mass is 209 g/mol. The number of hydrogen-bond donors (Lipinski definition) is 0. The summed E-state index contributed by atoms with van der Waals surface area (Å²) in [6.45, 7) is 3.82. The van der Waals surface area contributed by atoms with Gasteiger partial charge in [-0.1, -0.05) is 0 Å².